The molecule has 1 aromatic heterocycles. The molecule has 0 spiro atoms. The van der Waals surface area contributed by atoms with E-state index in [0.717, 1.165) is 16.9 Å². The van der Waals surface area contributed by atoms with Crippen LogP contribution in [-0.2, 0) is 9.53 Å². The molecule has 7 nitrogen and oxygen atoms in total. The zero-order valence-electron chi connectivity index (χ0n) is 16.5. The van der Waals surface area contributed by atoms with E-state index < -0.39 is 5.97 Å². The van der Waals surface area contributed by atoms with Gasteiger partial charge < -0.3 is 9.47 Å². The van der Waals surface area contributed by atoms with Gasteiger partial charge in [-0.05, 0) is 36.4 Å². The summed E-state index contributed by atoms with van der Waals surface area (Å²) in [6.45, 7) is -0.611. The Balaban J connectivity index is 1.35. The first-order valence-electron chi connectivity index (χ1n) is 9.64. The van der Waals surface area contributed by atoms with Gasteiger partial charge in [-0.25, -0.2) is 9.48 Å². The molecule has 31 heavy (non-hydrogen) atoms. The van der Waals surface area contributed by atoms with Crippen LogP contribution in [0.25, 0.3) is 16.9 Å². The van der Waals surface area contributed by atoms with Crippen LogP contribution in [0.1, 0.15) is 10.4 Å². The molecular weight excluding hydrogens is 394 g/mol. The lowest BCUT2D eigenvalue weighted by atomic mass is 10.1. The molecule has 0 N–H and O–H groups in total. The first-order chi connectivity index (χ1) is 15.2. The summed E-state index contributed by atoms with van der Waals surface area (Å²) in [5, 5.41) is 8.14. The van der Waals surface area contributed by atoms with Crippen molar-refractivity contribution in [2.24, 2.45) is 0 Å². The zero-order chi connectivity index (χ0) is 21.5. The summed E-state index contributed by atoms with van der Waals surface area (Å²) in [7, 11) is 0. The largest absolute Gasteiger partial charge is 0.482 e. The maximum absolute atomic E-state index is 12.4. The molecule has 1 heterocycles. The van der Waals surface area contributed by atoms with Crippen molar-refractivity contribution in [3.05, 3.63) is 96.7 Å². The molecule has 0 atom stereocenters. The Morgan fingerprint density at radius 1 is 0.806 bits per heavy atom. The van der Waals surface area contributed by atoms with Crippen LogP contribution in [-0.4, -0.2) is 40.0 Å². The summed E-state index contributed by atoms with van der Waals surface area (Å²) in [6.07, 6.45) is 1.69. The van der Waals surface area contributed by atoms with Gasteiger partial charge in [-0.2, -0.15) is 0 Å². The number of hydrogen-bond acceptors (Lipinski definition) is 6. The molecule has 0 unspecified atom stereocenters. The summed E-state index contributed by atoms with van der Waals surface area (Å²) >= 11 is 0. The maximum Gasteiger partial charge on any atom is 0.344 e. The molecule has 4 rings (SSSR count). The van der Waals surface area contributed by atoms with E-state index in [1.54, 1.807) is 59.4 Å². The molecule has 4 aromatic rings. The molecule has 3 aromatic carbocycles. The van der Waals surface area contributed by atoms with Crippen molar-refractivity contribution >= 4 is 11.8 Å². The highest BCUT2D eigenvalue weighted by Crippen LogP contribution is 2.21. The van der Waals surface area contributed by atoms with E-state index in [2.05, 4.69) is 10.3 Å². The topological polar surface area (TPSA) is 83.3 Å². The average molecular weight is 413 g/mol. The van der Waals surface area contributed by atoms with Gasteiger partial charge in [0.25, 0.3) is 0 Å². The minimum Gasteiger partial charge on any atom is -0.482 e. The minimum absolute atomic E-state index is 0.259. The van der Waals surface area contributed by atoms with Crippen LogP contribution in [0.5, 0.6) is 5.75 Å². The lowest BCUT2D eigenvalue weighted by molar-refractivity contribution is -0.144. The van der Waals surface area contributed by atoms with Crippen molar-refractivity contribution < 1.29 is 19.1 Å². The summed E-state index contributed by atoms with van der Waals surface area (Å²) in [5.41, 5.74) is 3.02. The van der Waals surface area contributed by atoms with Crippen LogP contribution in [0.2, 0.25) is 0 Å². The smallest absolute Gasteiger partial charge is 0.344 e. The van der Waals surface area contributed by atoms with E-state index in [1.807, 2.05) is 36.4 Å². The Morgan fingerprint density at radius 3 is 2.19 bits per heavy atom. The SMILES string of the molecule is O=C(COc1ccccc1)OCC(=O)c1ccc(-n2nncc2-c2ccccc2)cc1. The molecule has 154 valence electrons. The molecule has 7 heteroatoms. The highest BCUT2D eigenvalue weighted by atomic mass is 16.6. The normalized spacial score (nSPS) is 10.5. The Hall–Kier alpha value is -4.26. The number of carbonyl (C=O) groups excluding carboxylic acids is 2. The van der Waals surface area contributed by atoms with Gasteiger partial charge in [-0.3, -0.25) is 4.79 Å². The molecular formula is C24H19N3O4. The van der Waals surface area contributed by atoms with Gasteiger partial charge in [0.15, 0.2) is 19.0 Å². The van der Waals surface area contributed by atoms with Crippen molar-refractivity contribution in [3.8, 4) is 22.7 Å². The number of carbonyl (C=O) groups is 2. The Labute approximate surface area is 178 Å². The quantitative estimate of drug-likeness (QED) is 0.323. The highest BCUT2D eigenvalue weighted by molar-refractivity contribution is 5.98. The molecule has 0 bridgehead atoms. The van der Waals surface area contributed by atoms with Gasteiger partial charge in [-0.1, -0.05) is 53.7 Å². The minimum atomic E-state index is -0.607. The number of ether oxygens (including phenoxy) is 2. The molecule has 0 fully saturated rings. The number of Topliss-reactive ketones (excluding diaryl/α,β-unsaturated/α-hetero) is 1. The van der Waals surface area contributed by atoms with Crippen LogP contribution in [0, 0.1) is 0 Å². The van der Waals surface area contributed by atoms with Gasteiger partial charge in [0, 0.05) is 11.1 Å². The molecule has 0 aliphatic carbocycles. The van der Waals surface area contributed by atoms with Crippen LogP contribution in [0.15, 0.2) is 91.1 Å². The summed E-state index contributed by atoms with van der Waals surface area (Å²) < 4.78 is 12.0. The maximum atomic E-state index is 12.4. The van der Waals surface area contributed by atoms with E-state index in [-0.39, 0.29) is 19.0 Å². The third-order valence-corrected chi connectivity index (χ3v) is 4.52. The first-order valence-corrected chi connectivity index (χ1v) is 9.64. The first kappa shape index (κ1) is 20.0. The molecule has 0 amide bonds. The van der Waals surface area contributed by atoms with Crippen LogP contribution in [0.4, 0.5) is 0 Å². The predicted molar refractivity (Wildman–Crippen MR) is 114 cm³/mol. The molecule has 0 aliphatic rings. The van der Waals surface area contributed by atoms with Crippen molar-refractivity contribution in [1.82, 2.24) is 15.0 Å². The second-order valence-corrected chi connectivity index (χ2v) is 6.63. The van der Waals surface area contributed by atoms with Gasteiger partial charge in [-0.15, -0.1) is 5.10 Å². The van der Waals surface area contributed by atoms with Gasteiger partial charge in [0.2, 0.25) is 0 Å². The fourth-order valence-electron chi connectivity index (χ4n) is 2.95. The van der Waals surface area contributed by atoms with E-state index in [1.165, 1.54) is 0 Å². The third kappa shape index (κ3) is 5.02. The van der Waals surface area contributed by atoms with Crippen LogP contribution in [0.3, 0.4) is 0 Å². The lowest BCUT2D eigenvalue weighted by Gasteiger charge is -2.08. The Morgan fingerprint density at radius 2 is 1.48 bits per heavy atom. The van der Waals surface area contributed by atoms with E-state index >= 15 is 0 Å². The number of aromatic nitrogens is 3. The van der Waals surface area contributed by atoms with E-state index in [9.17, 15) is 9.59 Å². The number of ketones is 1. The van der Waals surface area contributed by atoms with Gasteiger partial charge in [0.1, 0.15) is 5.75 Å². The fourth-order valence-corrected chi connectivity index (χ4v) is 2.95. The van der Waals surface area contributed by atoms with E-state index in [0.29, 0.717) is 11.3 Å². The van der Waals surface area contributed by atoms with E-state index in [4.69, 9.17) is 9.47 Å². The number of para-hydroxylation sites is 1. The van der Waals surface area contributed by atoms with Crippen molar-refractivity contribution in [2.75, 3.05) is 13.2 Å². The second kappa shape index (κ2) is 9.49. The monoisotopic (exact) mass is 413 g/mol. The highest BCUT2D eigenvalue weighted by Gasteiger charge is 2.13. The molecule has 0 saturated heterocycles. The van der Waals surface area contributed by atoms with Crippen molar-refractivity contribution in [3.63, 3.8) is 0 Å². The summed E-state index contributed by atoms with van der Waals surface area (Å²) in [5.74, 6) is -0.352. The van der Waals surface area contributed by atoms with Gasteiger partial charge >= 0.3 is 5.97 Å². The summed E-state index contributed by atoms with van der Waals surface area (Å²) in [4.78, 5) is 24.2. The molecule has 0 radical (unpaired) electrons. The Bertz CT molecular complexity index is 1160. The third-order valence-electron chi connectivity index (χ3n) is 4.52. The number of rotatable bonds is 8. The van der Waals surface area contributed by atoms with Crippen molar-refractivity contribution in [1.29, 1.82) is 0 Å². The van der Waals surface area contributed by atoms with Crippen molar-refractivity contribution in [2.45, 2.75) is 0 Å². The van der Waals surface area contributed by atoms with Gasteiger partial charge in [0.05, 0.1) is 17.6 Å². The zero-order valence-corrected chi connectivity index (χ0v) is 16.5. The molecule has 0 saturated carbocycles. The molecule has 0 aliphatic heterocycles. The number of benzene rings is 3. The van der Waals surface area contributed by atoms with Crippen LogP contribution >= 0.6 is 0 Å². The standard InChI is InChI=1S/C24H19N3O4/c28-23(16-31-24(29)17-30-21-9-5-2-6-10-21)19-11-13-20(14-12-19)27-22(15-25-26-27)18-7-3-1-4-8-18/h1-15H,16-17H2. The Kier molecular flexibility index (Phi) is 6.13. The van der Waals surface area contributed by atoms with Crippen LogP contribution < -0.4 is 4.74 Å². The second-order valence-electron chi connectivity index (χ2n) is 6.63. The number of hydrogen-bond donors (Lipinski definition) is 0. The predicted octanol–water partition coefficient (Wildman–Crippen LogP) is 3.74. The average Bonchev–Trinajstić information content (AvgIpc) is 3.32. The lowest BCUT2D eigenvalue weighted by Crippen LogP contribution is -2.19. The number of esters is 1. The fraction of sp³-hybridized carbons (Fsp3) is 0.0833. The summed E-state index contributed by atoms with van der Waals surface area (Å²) in [6, 6.07) is 25.6. The number of nitrogens with zero attached hydrogens (tertiary/aromatic N) is 3.